The molecule has 0 aromatic carbocycles. The Labute approximate surface area is 124 Å². The van der Waals surface area contributed by atoms with Gasteiger partial charge in [0.1, 0.15) is 5.82 Å². The van der Waals surface area contributed by atoms with Gasteiger partial charge in [0, 0.05) is 29.4 Å². The molecule has 0 saturated heterocycles. The summed E-state index contributed by atoms with van der Waals surface area (Å²) in [6.45, 7) is 9.47. The van der Waals surface area contributed by atoms with Crippen LogP contribution in [0, 0.1) is 12.8 Å². The monoisotopic (exact) mass is 290 g/mol. The van der Waals surface area contributed by atoms with Crippen molar-refractivity contribution in [3.63, 3.8) is 0 Å². The summed E-state index contributed by atoms with van der Waals surface area (Å²) in [5, 5.41) is 6.28. The molecule has 2 heterocycles. The van der Waals surface area contributed by atoms with Crippen molar-refractivity contribution in [1.82, 2.24) is 15.0 Å². The van der Waals surface area contributed by atoms with E-state index in [1.807, 2.05) is 12.3 Å². The lowest BCUT2D eigenvalue weighted by molar-refractivity contribution is 0.634. The van der Waals surface area contributed by atoms with Gasteiger partial charge < -0.3 is 5.32 Å². The zero-order valence-corrected chi connectivity index (χ0v) is 13.4. The molecule has 0 aliphatic heterocycles. The number of aromatic nitrogens is 3. The zero-order chi connectivity index (χ0) is 14.5. The number of hydrogen-bond acceptors (Lipinski definition) is 5. The average Bonchev–Trinajstić information content (AvgIpc) is 2.82. The van der Waals surface area contributed by atoms with E-state index in [2.05, 4.69) is 47.1 Å². The Morgan fingerprint density at radius 2 is 2.05 bits per heavy atom. The van der Waals surface area contributed by atoms with E-state index in [9.17, 15) is 0 Å². The van der Waals surface area contributed by atoms with E-state index >= 15 is 0 Å². The van der Waals surface area contributed by atoms with Crippen molar-refractivity contribution in [1.29, 1.82) is 0 Å². The zero-order valence-electron chi connectivity index (χ0n) is 12.6. The highest BCUT2D eigenvalue weighted by molar-refractivity contribution is 7.13. The third-order valence-corrected chi connectivity index (χ3v) is 3.72. The van der Waals surface area contributed by atoms with Crippen LogP contribution in [0.1, 0.15) is 38.6 Å². The molecule has 0 aliphatic carbocycles. The normalized spacial score (nSPS) is 11.1. The summed E-state index contributed by atoms with van der Waals surface area (Å²) in [4.78, 5) is 13.7. The number of thiazole rings is 1. The molecule has 0 bridgehead atoms. The van der Waals surface area contributed by atoms with Crippen LogP contribution in [0.15, 0.2) is 11.4 Å². The Balaban J connectivity index is 2.34. The Kier molecular flexibility index (Phi) is 5.06. The molecule has 0 amide bonds. The second-order valence-electron chi connectivity index (χ2n) is 5.39. The number of aryl methyl sites for hydroxylation is 1. The maximum absolute atomic E-state index is 4.66. The van der Waals surface area contributed by atoms with E-state index in [0.717, 1.165) is 47.4 Å². The van der Waals surface area contributed by atoms with Crippen molar-refractivity contribution in [3.8, 4) is 10.8 Å². The highest BCUT2D eigenvalue weighted by atomic mass is 32.1. The van der Waals surface area contributed by atoms with Crippen LogP contribution < -0.4 is 5.32 Å². The van der Waals surface area contributed by atoms with Crippen molar-refractivity contribution in [2.45, 2.75) is 40.5 Å². The molecule has 108 valence electrons. The van der Waals surface area contributed by atoms with Crippen LogP contribution in [-0.4, -0.2) is 21.5 Å². The Morgan fingerprint density at radius 1 is 1.25 bits per heavy atom. The van der Waals surface area contributed by atoms with E-state index in [-0.39, 0.29) is 0 Å². The molecular formula is C15H22N4S. The predicted octanol–water partition coefficient (Wildman–Crippen LogP) is 3.93. The SMILES string of the molecule is CCCNc1cc(CC(C)C)nc(-c2nc(C)cs2)n1. The van der Waals surface area contributed by atoms with Crippen LogP contribution in [-0.2, 0) is 6.42 Å². The average molecular weight is 290 g/mol. The second-order valence-corrected chi connectivity index (χ2v) is 6.25. The van der Waals surface area contributed by atoms with Crippen LogP contribution in [0.3, 0.4) is 0 Å². The van der Waals surface area contributed by atoms with Crippen LogP contribution in [0.4, 0.5) is 5.82 Å². The molecule has 20 heavy (non-hydrogen) atoms. The van der Waals surface area contributed by atoms with Crippen molar-refractivity contribution >= 4 is 17.2 Å². The van der Waals surface area contributed by atoms with Crippen LogP contribution in [0.5, 0.6) is 0 Å². The van der Waals surface area contributed by atoms with Crippen LogP contribution in [0.2, 0.25) is 0 Å². The molecule has 4 nitrogen and oxygen atoms in total. The summed E-state index contributed by atoms with van der Waals surface area (Å²) in [6, 6.07) is 2.06. The second kappa shape index (κ2) is 6.79. The van der Waals surface area contributed by atoms with Crippen molar-refractivity contribution in [2.24, 2.45) is 5.92 Å². The molecule has 0 saturated carbocycles. The highest BCUT2D eigenvalue weighted by Crippen LogP contribution is 2.22. The molecule has 2 aromatic heterocycles. The smallest absolute Gasteiger partial charge is 0.190 e. The summed E-state index contributed by atoms with van der Waals surface area (Å²) in [5.41, 5.74) is 2.10. The first kappa shape index (κ1) is 14.9. The number of rotatable bonds is 6. The molecule has 0 fully saturated rings. The molecule has 0 aliphatic rings. The lowest BCUT2D eigenvalue weighted by Crippen LogP contribution is -2.07. The third-order valence-electron chi connectivity index (χ3n) is 2.76. The molecule has 2 rings (SSSR count). The van der Waals surface area contributed by atoms with Crippen molar-refractivity contribution in [2.75, 3.05) is 11.9 Å². The lowest BCUT2D eigenvalue weighted by atomic mass is 10.1. The van der Waals surface area contributed by atoms with E-state index in [1.54, 1.807) is 11.3 Å². The summed E-state index contributed by atoms with van der Waals surface area (Å²) >= 11 is 1.60. The standard InChI is InChI=1S/C15H22N4S/c1-5-6-16-13-8-12(7-10(2)3)18-14(19-13)15-17-11(4)9-20-15/h8-10H,5-7H2,1-4H3,(H,16,18,19). The highest BCUT2D eigenvalue weighted by Gasteiger charge is 2.11. The Hall–Kier alpha value is -1.49. The maximum Gasteiger partial charge on any atom is 0.190 e. The summed E-state index contributed by atoms with van der Waals surface area (Å²) in [5.74, 6) is 2.22. The minimum absolute atomic E-state index is 0.579. The van der Waals surface area contributed by atoms with E-state index in [4.69, 9.17) is 0 Å². The van der Waals surface area contributed by atoms with Gasteiger partial charge in [-0.25, -0.2) is 15.0 Å². The van der Waals surface area contributed by atoms with Crippen LogP contribution in [0.25, 0.3) is 10.8 Å². The van der Waals surface area contributed by atoms with Gasteiger partial charge in [-0.3, -0.25) is 0 Å². The van der Waals surface area contributed by atoms with Gasteiger partial charge in [0.2, 0.25) is 0 Å². The molecule has 1 N–H and O–H groups in total. The predicted molar refractivity (Wildman–Crippen MR) is 85.2 cm³/mol. The van der Waals surface area contributed by atoms with Gasteiger partial charge in [-0.05, 0) is 25.7 Å². The molecular weight excluding hydrogens is 268 g/mol. The Bertz CT molecular complexity index is 563. The van der Waals surface area contributed by atoms with Gasteiger partial charge in [0.15, 0.2) is 10.8 Å². The third kappa shape index (κ3) is 4.00. The first-order valence-corrected chi connectivity index (χ1v) is 8.00. The fourth-order valence-electron chi connectivity index (χ4n) is 1.92. The maximum atomic E-state index is 4.66. The van der Waals surface area contributed by atoms with Crippen molar-refractivity contribution < 1.29 is 0 Å². The minimum atomic E-state index is 0.579. The molecule has 0 radical (unpaired) electrons. The fourth-order valence-corrected chi connectivity index (χ4v) is 2.64. The van der Waals surface area contributed by atoms with Gasteiger partial charge in [0.25, 0.3) is 0 Å². The van der Waals surface area contributed by atoms with Gasteiger partial charge in [0.05, 0.1) is 0 Å². The van der Waals surface area contributed by atoms with E-state index in [0.29, 0.717) is 5.92 Å². The number of anilines is 1. The summed E-state index contributed by atoms with van der Waals surface area (Å²) in [7, 11) is 0. The quantitative estimate of drug-likeness (QED) is 0.875. The number of hydrogen-bond donors (Lipinski definition) is 1. The van der Waals surface area contributed by atoms with Gasteiger partial charge in [-0.15, -0.1) is 11.3 Å². The van der Waals surface area contributed by atoms with E-state index < -0.39 is 0 Å². The number of nitrogens with zero attached hydrogens (tertiary/aromatic N) is 3. The first-order chi connectivity index (χ1) is 9.58. The summed E-state index contributed by atoms with van der Waals surface area (Å²) < 4.78 is 0. The molecule has 2 aromatic rings. The largest absolute Gasteiger partial charge is 0.370 e. The number of nitrogens with one attached hydrogen (secondary N) is 1. The van der Waals surface area contributed by atoms with Gasteiger partial charge in [-0.1, -0.05) is 20.8 Å². The molecule has 0 unspecified atom stereocenters. The fraction of sp³-hybridized carbons (Fsp3) is 0.533. The van der Waals surface area contributed by atoms with Crippen LogP contribution >= 0.6 is 11.3 Å². The Morgan fingerprint density at radius 3 is 2.65 bits per heavy atom. The lowest BCUT2D eigenvalue weighted by Gasteiger charge is -2.10. The molecule has 0 atom stereocenters. The van der Waals surface area contributed by atoms with Crippen molar-refractivity contribution in [3.05, 3.63) is 22.8 Å². The minimum Gasteiger partial charge on any atom is -0.370 e. The molecule has 0 spiro atoms. The topological polar surface area (TPSA) is 50.7 Å². The first-order valence-electron chi connectivity index (χ1n) is 7.12. The molecule has 5 heteroatoms. The van der Waals surface area contributed by atoms with Gasteiger partial charge >= 0.3 is 0 Å². The van der Waals surface area contributed by atoms with Gasteiger partial charge in [-0.2, -0.15) is 0 Å². The summed E-state index contributed by atoms with van der Waals surface area (Å²) in [6.07, 6.45) is 2.04. The van der Waals surface area contributed by atoms with E-state index in [1.165, 1.54) is 0 Å².